The molecule has 2 atom stereocenters. The van der Waals surface area contributed by atoms with Gasteiger partial charge in [-0.2, -0.15) is 0 Å². The molecule has 2 heterocycles. The highest BCUT2D eigenvalue weighted by molar-refractivity contribution is 8.01. The predicted octanol–water partition coefficient (Wildman–Crippen LogP) is 1.83. The Morgan fingerprint density at radius 1 is 1.30 bits per heavy atom. The van der Waals surface area contributed by atoms with Crippen molar-refractivity contribution in [1.29, 1.82) is 0 Å². The summed E-state index contributed by atoms with van der Waals surface area (Å²) in [7, 11) is 1.30. The number of methoxy groups -OCH3 is 1. The van der Waals surface area contributed by atoms with Gasteiger partial charge in [-0.3, -0.25) is 4.79 Å². The maximum Gasteiger partial charge on any atom is 0.337 e. The summed E-state index contributed by atoms with van der Waals surface area (Å²) in [6.45, 7) is 1.99. The fourth-order valence-corrected chi connectivity index (χ4v) is 4.37. The van der Waals surface area contributed by atoms with Crippen molar-refractivity contribution in [3.8, 4) is 5.75 Å². The molecule has 2 fully saturated rings. The van der Waals surface area contributed by atoms with Crippen molar-refractivity contribution in [1.82, 2.24) is 4.90 Å². The smallest absolute Gasteiger partial charge is 0.337 e. The SMILES string of the molecule is COC(=O)c1ccc(OC(=O)[C@H]2CS[C@@]3(C)CCC(=O)N23)cc1. The third-order valence-corrected chi connectivity index (χ3v) is 5.72. The summed E-state index contributed by atoms with van der Waals surface area (Å²) in [6, 6.07) is 5.58. The molecular weight excluding hydrogens is 318 g/mol. The third-order valence-electron chi connectivity index (χ3n) is 4.21. The van der Waals surface area contributed by atoms with E-state index < -0.39 is 18.0 Å². The minimum atomic E-state index is -0.555. The van der Waals surface area contributed by atoms with E-state index >= 15 is 0 Å². The van der Waals surface area contributed by atoms with E-state index in [0.29, 0.717) is 23.5 Å². The van der Waals surface area contributed by atoms with Crippen molar-refractivity contribution in [2.24, 2.45) is 0 Å². The Balaban J connectivity index is 1.70. The lowest BCUT2D eigenvalue weighted by molar-refractivity contribution is -0.146. The van der Waals surface area contributed by atoms with E-state index in [2.05, 4.69) is 4.74 Å². The Kier molecular flexibility index (Phi) is 4.06. The molecule has 7 heteroatoms. The maximum absolute atomic E-state index is 12.4. The fraction of sp³-hybridized carbons (Fsp3) is 0.438. The molecule has 0 N–H and O–H groups in total. The van der Waals surface area contributed by atoms with E-state index in [1.165, 1.54) is 31.4 Å². The monoisotopic (exact) mass is 335 g/mol. The molecule has 2 aliphatic rings. The Labute approximate surface area is 138 Å². The van der Waals surface area contributed by atoms with Crippen LogP contribution in [0.2, 0.25) is 0 Å². The standard InChI is InChI=1S/C16H17NO5S/c1-16-8-7-13(18)17(16)12(9-23-16)15(20)22-11-5-3-10(4-6-11)14(19)21-2/h3-6,12H,7-9H2,1-2H3/t12-,16+/m1/s1. The lowest BCUT2D eigenvalue weighted by Crippen LogP contribution is -2.47. The van der Waals surface area contributed by atoms with Crippen LogP contribution in [0.5, 0.6) is 5.75 Å². The molecule has 0 spiro atoms. The summed E-state index contributed by atoms with van der Waals surface area (Å²) in [5.74, 6) is -0.00871. The molecule has 2 aliphatic heterocycles. The maximum atomic E-state index is 12.4. The molecule has 0 unspecified atom stereocenters. The van der Waals surface area contributed by atoms with Crippen molar-refractivity contribution < 1.29 is 23.9 Å². The van der Waals surface area contributed by atoms with Gasteiger partial charge in [0.2, 0.25) is 5.91 Å². The summed E-state index contributed by atoms with van der Waals surface area (Å²) in [5.41, 5.74) is 0.381. The van der Waals surface area contributed by atoms with E-state index in [1.807, 2.05) is 6.92 Å². The van der Waals surface area contributed by atoms with E-state index in [9.17, 15) is 14.4 Å². The number of fused-ring (bicyclic) bond motifs is 1. The predicted molar refractivity (Wildman–Crippen MR) is 84.1 cm³/mol. The molecular formula is C16H17NO5S. The van der Waals surface area contributed by atoms with Gasteiger partial charge in [0.1, 0.15) is 11.8 Å². The van der Waals surface area contributed by atoms with Crippen molar-refractivity contribution >= 4 is 29.6 Å². The highest BCUT2D eigenvalue weighted by atomic mass is 32.2. The fourth-order valence-electron chi connectivity index (χ4n) is 2.96. The molecule has 0 radical (unpaired) electrons. The third kappa shape index (κ3) is 2.81. The van der Waals surface area contributed by atoms with Gasteiger partial charge < -0.3 is 14.4 Å². The van der Waals surface area contributed by atoms with Gasteiger partial charge >= 0.3 is 11.9 Å². The number of ether oxygens (including phenoxy) is 2. The normalized spacial score (nSPS) is 26.1. The van der Waals surface area contributed by atoms with Crippen LogP contribution in [0.25, 0.3) is 0 Å². The summed E-state index contributed by atoms with van der Waals surface area (Å²) < 4.78 is 9.99. The Morgan fingerprint density at radius 3 is 2.65 bits per heavy atom. The quantitative estimate of drug-likeness (QED) is 0.620. The number of esters is 2. The largest absolute Gasteiger partial charge is 0.465 e. The van der Waals surface area contributed by atoms with E-state index in [0.717, 1.165) is 6.42 Å². The van der Waals surface area contributed by atoms with E-state index in [-0.39, 0.29) is 10.8 Å². The topological polar surface area (TPSA) is 72.9 Å². The molecule has 0 bridgehead atoms. The first-order valence-corrected chi connectivity index (χ1v) is 8.29. The first kappa shape index (κ1) is 15.9. The zero-order chi connectivity index (χ0) is 16.6. The lowest BCUT2D eigenvalue weighted by Gasteiger charge is -2.29. The summed E-state index contributed by atoms with van der Waals surface area (Å²) in [6.07, 6.45) is 1.23. The van der Waals surface area contributed by atoms with Gasteiger partial charge in [-0.25, -0.2) is 9.59 Å². The Bertz CT molecular complexity index is 659. The summed E-state index contributed by atoms with van der Waals surface area (Å²) in [4.78, 5) is 37.2. The molecule has 3 rings (SSSR count). The molecule has 122 valence electrons. The first-order valence-electron chi connectivity index (χ1n) is 7.31. The van der Waals surface area contributed by atoms with Gasteiger partial charge in [0, 0.05) is 12.2 Å². The molecule has 0 saturated carbocycles. The molecule has 2 saturated heterocycles. The first-order chi connectivity index (χ1) is 10.9. The Morgan fingerprint density at radius 2 is 2.00 bits per heavy atom. The van der Waals surface area contributed by atoms with Crippen molar-refractivity contribution in [3.05, 3.63) is 29.8 Å². The summed E-state index contributed by atoms with van der Waals surface area (Å²) in [5, 5.41) is 0. The van der Waals surface area contributed by atoms with Gasteiger partial charge in [-0.05, 0) is 37.6 Å². The van der Waals surface area contributed by atoms with Gasteiger partial charge in [0.25, 0.3) is 0 Å². The number of amides is 1. The minimum absolute atomic E-state index is 0.000453. The van der Waals surface area contributed by atoms with Crippen molar-refractivity contribution in [2.75, 3.05) is 12.9 Å². The number of hydrogen-bond acceptors (Lipinski definition) is 6. The minimum Gasteiger partial charge on any atom is -0.465 e. The molecule has 1 aromatic carbocycles. The number of rotatable bonds is 3. The van der Waals surface area contributed by atoms with E-state index in [4.69, 9.17) is 4.74 Å². The second-order valence-corrected chi connectivity index (χ2v) is 7.20. The molecule has 1 amide bonds. The van der Waals surface area contributed by atoms with Crippen LogP contribution in [0.15, 0.2) is 24.3 Å². The number of carbonyl (C=O) groups is 3. The van der Waals surface area contributed by atoms with Crippen LogP contribution in [0, 0.1) is 0 Å². The highest BCUT2D eigenvalue weighted by Gasteiger charge is 2.53. The second-order valence-electron chi connectivity index (χ2n) is 5.70. The van der Waals surface area contributed by atoms with E-state index in [1.54, 1.807) is 16.7 Å². The number of hydrogen-bond donors (Lipinski definition) is 0. The van der Waals surface area contributed by atoms with Crippen LogP contribution in [0.3, 0.4) is 0 Å². The summed E-state index contributed by atoms with van der Waals surface area (Å²) >= 11 is 1.62. The number of nitrogens with zero attached hydrogens (tertiary/aromatic N) is 1. The highest BCUT2D eigenvalue weighted by Crippen LogP contribution is 2.47. The van der Waals surface area contributed by atoms with Gasteiger partial charge in [-0.1, -0.05) is 0 Å². The van der Waals surface area contributed by atoms with Crippen LogP contribution in [0.1, 0.15) is 30.1 Å². The average Bonchev–Trinajstić information content (AvgIpc) is 3.04. The zero-order valence-corrected chi connectivity index (χ0v) is 13.7. The molecule has 1 aromatic rings. The van der Waals surface area contributed by atoms with Crippen LogP contribution in [-0.2, 0) is 14.3 Å². The second kappa shape index (κ2) is 5.88. The number of benzene rings is 1. The van der Waals surface area contributed by atoms with Crippen molar-refractivity contribution in [2.45, 2.75) is 30.7 Å². The Hall–Kier alpha value is -2.02. The average molecular weight is 335 g/mol. The van der Waals surface area contributed by atoms with Crippen LogP contribution in [0.4, 0.5) is 0 Å². The van der Waals surface area contributed by atoms with Crippen LogP contribution >= 0.6 is 11.8 Å². The van der Waals surface area contributed by atoms with Crippen LogP contribution in [-0.4, -0.2) is 46.5 Å². The zero-order valence-electron chi connectivity index (χ0n) is 12.9. The molecule has 0 aliphatic carbocycles. The van der Waals surface area contributed by atoms with Gasteiger partial charge in [0.15, 0.2) is 0 Å². The number of carbonyl (C=O) groups excluding carboxylic acids is 3. The molecule has 0 aromatic heterocycles. The lowest BCUT2D eigenvalue weighted by atomic mass is 10.2. The van der Waals surface area contributed by atoms with Gasteiger partial charge in [-0.15, -0.1) is 11.8 Å². The van der Waals surface area contributed by atoms with Crippen LogP contribution < -0.4 is 4.74 Å². The van der Waals surface area contributed by atoms with Crippen molar-refractivity contribution in [3.63, 3.8) is 0 Å². The molecule has 23 heavy (non-hydrogen) atoms. The molecule has 6 nitrogen and oxygen atoms in total. The van der Waals surface area contributed by atoms with Gasteiger partial charge in [0.05, 0.1) is 17.5 Å². The number of thioether (sulfide) groups is 1.